The molecule has 0 saturated carbocycles. The molecule has 1 aromatic rings. The van der Waals surface area contributed by atoms with Crippen LogP contribution >= 0.6 is 0 Å². The second-order valence-electron chi connectivity index (χ2n) is 6.96. The maximum Gasteiger partial charge on any atom is 0.417 e. The molecule has 2 rings (SSSR count). The molecule has 0 radical (unpaired) electrons. The van der Waals surface area contributed by atoms with E-state index < -0.39 is 44.8 Å². The molecule has 0 aromatic heterocycles. The van der Waals surface area contributed by atoms with Crippen LogP contribution in [0.5, 0.6) is 5.75 Å². The van der Waals surface area contributed by atoms with Gasteiger partial charge >= 0.3 is 6.18 Å². The van der Waals surface area contributed by atoms with Crippen LogP contribution in [0.2, 0.25) is 0 Å². The number of hydrogen-bond donors (Lipinski definition) is 0. The number of nitriles is 1. The van der Waals surface area contributed by atoms with Crippen LogP contribution in [-0.4, -0.2) is 37.0 Å². The van der Waals surface area contributed by atoms with Crippen LogP contribution in [-0.2, 0) is 21.0 Å². The van der Waals surface area contributed by atoms with Crippen molar-refractivity contribution in [2.24, 2.45) is 5.41 Å². The molecule has 1 aliphatic heterocycles. The first kappa shape index (κ1) is 21.0. The zero-order valence-corrected chi connectivity index (χ0v) is 15.8. The summed E-state index contributed by atoms with van der Waals surface area (Å²) in [5.41, 5.74) is -2.69. The third kappa shape index (κ3) is 4.18. The molecule has 1 amide bonds. The maximum atomic E-state index is 13.1. The van der Waals surface area contributed by atoms with Crippen molar-refractivity contribution >= 4 is 15.9 Å². The Morgan fingerprint density at radius 2 is 2.00 bits per heavy atom. The van der Waals surface area contributed by atoms with E-state index in [2.05, 4.69) is 0 Å². The molecule has 6 nitrogen and oxygen atoms in total. The highest BCUT2D eigenvalue weighted by Crippen LogP contribution is 2.38. The summed E-state index contributed by atoms with van der Waals surface area (Å²) in [5.74, 6) is -1.29. The monoisotopic (exact) mass is 404 g/mol. The van der Waals surface area contributed by atoms with Crippen molar-refractivity contribution in [1.29, 1.82) is 5.26 Å². The molecule has 0 N–H and O–H groups in total. The first-order valence-corrected chi connectivity index (χ1v) is 9.76. The molecule has 1 aromatic carbocycles. The highest BCUT2D eigenvalue weighted by atomic mass is 32.2. The Bertz CT molecular complexity index is 888. The standard InChI is InChI=1S/C17H19F3N2O4S/c1-4-7-27(24,25)22-10-16(2,3)14(15(22)23)26-12-6-5-11(9-21)13(8-12)17(18,19)20/h5-6,8,14H,4,7,10H2,1-3H3. The molecule has 27 heavy (non-hydrogen) atoms. The van der Waals surface area contributed by atoms with E-state index in [1.165, 1.54) is 6.07 Å². The summed E-state index contributed by atoms with van der Waals surface area (Å²) >= 11 is 0. The number of carbonyl (C=O) groups is 1. The third-order valence-electron chi connectivity index (χ3n) is 4.20. The predicted octanol–water partition coefficient (Wildman–Crippen LogP) is 2.93. The molecule has 1 saturated heterocycles. The first-order valence-electron chi connectivity index (χ1n) is 8.15. The number of alkyl halides is 3. The Labute approximate surface area is 155 Å². The van der Waals surface area contributed by atoms with Crippen LogP contribution in [0, 0.1) is 16.7 Å². The fourth-order valence-electron chi connectivity index (χ4n) is 2.87. The highest BCUT2D eigenvalue weighted by molar-refractivity contribution is 7.89. The van der Waals surface area contributed by atoms with Crippen LogP contribution in [0.3, 0.4) is 0 Å². The molecule has 0 bridgehead atoms. The average Bonchev–Trinajstić information content (AvgIpc) is 2.78. The topological polar surface area (TPSA) is 87.5 Å². The van der Waals surface area contributed by atoms with Gasteiger partial charge in [0.1, 0.15) is 5.75 Å². The van der Waals surface area contributed by atoms with E-state index in [4.69, 9.17) is 10.00 Å². The van der Waals surface area contributed by atoms with Crippen LogP contribution in [0.4, 0.5) is 13.2 Å². The van der Waals surface area contributed by atoms with Crippen molar-refractivity contribution in [3.05, 3.63) is 29.3 Å². The van der Waals surface area contributed by atoms with Gasteiger partial charge in [-0.25, -0.2) is 12.7 Å². The van der Waals surface area contributed by atoms with Crippen LogP contribution < -0.4 is 4.74 Å². The zero-order valence-electron chi connectivity index (χ0n) is 15.0. The molecule has 148 valence electrons. The molecular formula is C17H19F3N2O4S. The molecule has 1 aliphatic rings. The lowest BCUT2D eigenvalue weighted by Gasteiger charge is -2.24. The van der Waals surface area contributed by atoms with Crippen molar-refractivity contribution in [2.75, 3.05) is 12.3 Å². The summed E-state index contributed by atoms with van der Waals surface area (Å²) in [7, 11) is -3.82. The van der Waals surface area contributed by atoms with Crippen LogP contribution in [0.1, 0.15) is 38.3 Å². The highest BCUT2D eigenvalue weighted by Gasteiger charge is 2.52. The average molecular weight is 404 g/mol. The maximum absolute atomic E-state index is 13.1. The van der Waals surface area contributed by atoms with Gasteiger partial charge in [0, 0.05) is 12.0 Å². The summed E-state index contributed by atoms with van der Waals surface area (Å²) in [5, 5.41) is 8.84. The third-order valence-corrected chi connectivity index (χ3v) is 6.10. The molecule has 1 heterocycles. The minimum Gasteiger partial charge on any atom is -0.480 e. The summed E-state index contributed by atoms with van der Waals surface area (Å²) < 4.78 is 70.0. The van der Waals surface area contributed by atoms with Crippen molar-refractivity contribution in [3.63, 3.8) is 0 Å². The Hall–Kier alpha value is -2.28. The smallest absolute Gasteiger partial charge is 0.417 e. The van der Waals surface area contributed by atoms with E-state index in [9.17, 15) is 26.4 Å². The molecule has 1 fully saturated rings. The minimum absolute atomic E-state index is 0.124. The van der Waals surface area contributed by atoms with Crippen LogP contribution in [0.15, 0.2) is 18.2 Å². The van der Waals surface area contributed by atoms with Crippen molar-refractivity contribution in [3.8, 4) is 11.8 Å². The van der Waals surface area contributed by atoms with E-state index in [0.29, 0.717) is 12.5 Å². The first-order chi connectivity index (χ1) is 12.3. The van der Waals surface area contributed by atoms with Gasteiger partial charge in [-0.3, -0.25) is 4.79 Å². The molecular weight excluding hydrogens is 385 g/mol. The van der Waals surface area contributed by atoms with E-state index in [1.54, 1.807) is 20.8 Å². The van der Waals surface area contributed by atoms with Crippen molar-refractivity contribution in [1.82, 2.24) is 4.31 Å². The zero-order chi connectivity index (χ0) is 20.6. The summed E-state index contributed by atoms with van der Waals surface area (Å²) in [4.78, 5) is 12.6. The van der Waals surface area contributed by atoms with E-state index in [0.717, 1.165) is 16.4 Å². The summed E-state index contributed by atoms with van der Waals surface area (Å²) in [6.07, 6.45) is -5.71. The number of nitrogens with zero attached hydrogens (tertiary/aromatic N) is 2. The number of halogens is 3. The number of hydrogen-bond acceptors (Lipinski definition) is 5. The van der Waals surface area contributed by atoms with E-state index in [-0.39, 0.29) is 18.0 Å². The normalized spacial score (nSPS) is 19.8. The van der Waals surface area contributed by atoms with Gasteiger partial charge in [0.15, 0.2) is 6.10 Å². The van der Waals surface area contributed by atoms with Gasteiger partial charge < -0.3 is 4.74 Å². The van der Waals surface area contributed by atoms with Gasteiger partial charge in [0.25, 0.3) is 5.91 Å². The fraction of sp³-hybridized carbons (Fsp3) is 0.529. The summed E-state index contributed by atoms with van der Waals surface area (Å²) in [6, 6.07) is 4.21. The number of benzene rings is 1. The minimum atomic E-state index is -4.77. The summed E-state index contributed by atoms with van der Waals surface area (Å²) in [6.45, 7) is 4.74. The Morgan fingerprint density at radius 1 is 1.37 bits per heavy atom. The van der Waals surface area contributed by atoms with Gasteiger partial charge in [0.2, 0.25) is 10.0 Å². The quantitative estimate of drug-likeness (QED) is 0.753. The van der Waals surface area contributed by atoms with Gasteiger partial charge in [-0.1, -0.05) is 20.8 Å². The second kappa shape index (κ2) is 7.03. The van der Waals surface area contributed by atoms with E-state index >= 15 is 0 Å². The van der Waals surface area contributed by atoms with Gasteiger partial charge in [-0.15, -0.1) is 0 Å². The number of amides is 1. The number of rotatable bonds is 5. The molecule has 1 atom stereocenters. The molecule has 1 unspecified atom stereocenters. The van der Waals surface area contributed by atoms with Crippen molar-refractivity contribution in [2.45, 2.75) is 39.5 Å². The molecule has 10 heteroatoms. The number of ether oxygens (including phenoxy) is 1. The number of carbonyl (C=O) groups excluding carboxylic acids is 1. The largest absolute Gasteiger partial charge is 0.480 e. The second-order valence-corrected chi connectivity index (χ2v) is 8.98. The predicted molar refractivity (Wildman–Crippen MR) is 90.1 cm³/mol. The lowest BCUT2D eigenvalue weighted by Crippen LogP contribution is -2.39. The Balaban J connectivity index is 2.37. The van der Waals surface area contributed by atoms with Gasteiger partial charge in [-0.05, 0) is 24.6 Å². The molecule has 0 spiro atoms. The van der Waals surface area contributed by atoms with E-state index in [1.807, 2.05) is 0 Å². The Kier molecular flexibility index (Phi) is 5.48. The van der Waals surface area contributed by atoms with Gasteiger partial charge in [0.05, 0.1) is 22.9 Å². The number of sulfonamides is 1. The molecule has 0 aliphatic carbocycles. The lowest BCUT2D eigenvalue weighted by atomic mass is 9.89. The van der Waals surface area contributed by atoms with Gasteiger partial charge in [-0.2, -0.15) is 18.4 Å². The van der Waals surface area contributed by atoms with Crippen molar-refractivity contribution < 1.29 is 31.1 Å². The SMILES string of the molecule is CCCS(=O)(=O)N1CC(C)(C)C(Oc2ccc(C#N)c(C(F)(F)F)c2)C1=O. The van der Waals surface area contributed by atoms with Crippen LogP contribution in [0.25, 0.3) is 0 Å². The fourth-order valence-corrected chi connectivity index (χ4v) is 4.51. The Morgan fingerprint density at radius 3 is 2.52 bits per heavy atom. The lowest BCUT2D eigenvalue weighted by molar-refractivity contribution is -0.137.